The first kappa shape index (κ1) is 16.3. The lowest BCUT2D eigenvalue weighted by molar-refractivity contribution is 0.0931. The van der Waals surface area contributed by atoms with Gasteiger partial charge in [-0.05, 0) is 71.3 Å². The van der Waals surface area contributed by atoms with E-state index < -0.39 is 0 Å². The lowest BCUT2D eigenvalue weighted by atomic mass is 9.83. The Labute approximate surface area is 126 Å². The van der Waals surface area contributed by atoms with Crippen LogP contribution in [0.3, 0.4) is 0 Å². The maximum absolute atomic E-state index is 5.81. The lowest BCUT2D eigenvalue weighted by Crippen LogP contribution is -2.40. The maximum atomic E-state index is 5.81. The van der Waals surface area contributed by atoms with Gasteiger partial charge in [-0.1, -0.05) is 25.7 Å². The third-order valence-electron chi connectivity index (χ3n) is 5.09. The fourth-order valence-corrected chi connectivity index (χ4v) is 3.82. The average molecular weight is 281 g/mol. The highest BCUT2D eigenvalue weighted by Gasteiger charge is 2.26. The van der Waals surface area contributed by atoms with Crippen LogP contribution in [-0.2, 0) is 4.74 Å². The van der Waals surface area contributed by atoms with Gasteiger partial charge in [-0.2, -0.15) is 0 Å². The highest BCUT2D eigenvalue weighted by molar-refractivity contribution is 4.80. The Morgan fingerprint density at radius 1 is 0.900 bits per heavy atom. The molecule has 1 saturated carbocycles. The summed E-state index contributed by atoms with van der Waals surface area (Å²) in [7, 11) is 0. The van der Waals surface area contributed by atoms with Gasteiger partial charge in [0.2, 0.25) is 0 Å². The smallest absolute Gasteiger partial charge is 0.0576 e. The van der Waals surface area contributed by atoms with Crippen molar-refractivity contribution in [3.8, 4) is 0 Å². The molecule has 0 aromatic rings. The van der Waals surface area contributed by atoms with E-state index in [1.54, 1.807) is 0 Å². The molecule has 3 unspecified atom stereocenters. The van der Waals surface area contributed by atoms with Crippen molar-refractivity contribution in [2.24, 2.45) is 11.8 Å². The van der Waals surface area contributed by atoms with E-state index in [-0.39, 0.29) is 5.54 Å². The van der Waals surface area contributed by atoms with Crippen LogP contribution in [0.2, 0.25) is 0 Å². The summed E-state index contributed by atoms with van der Waals surface area (Å²) >= 11 is 0. The van der Waals surface area contributed by atoms with Crippen LogP contribution in [-0.4, -0.2) is 24.8 Å². The summed E-state index contributed by atoms with van der Waals surface area (Å²) in [6, 6.07) is 0. The molecule has 2 aliphatic rings. The Morgan fingerprint density at radius 3 is 2.30 bits per heavy atom. The summed E-state index contributed by atoms with van der Waals surface area (Å²) in [5.41, 5.74) is 0.255. The molecule has 0 spiro atoms. The Balaban J connectivity index is 1.80. The van der Waals surface area contributed by atoms with Gasteiger partial charge in [0.1, 0.15) is 0 Å². The van der Waals surface area contributed by atoms with Crippen LogP contribution in [0, 0.1) is 11.8 Å². The van der Waals surface area contributed by atoms with Crippen LogP contribution in [0.5, 0.6) is 0 Å². The molecule has 0 radical (unpaired) electrons. The minimum absolute atomic E-state index is 0.255. The van der Waals surface area contributed by atoms with Crippen LogP contribution >= 0.6 is 0 Å². The Bertz CT molecular complexity index is 265. The van der Waals surface area contributed by atoms with E-state index in [9.17, 15) is 0 Å². The minimum Gasteiger partial charge on any atom is -0.378 e. The molecule has 1 N–H and O–H groups in total. The van der Waals surface area contributed by atoms with Crippen molar-refractivity contribution in [1.82, 2.24) is 5.32 Å². The summed E-state index contributed by atoms with van der Waals surface area (Å²) in [6.07, 6.45) is 13.1. The predicted octanol–water partition coefficient (Wildman–Crippen LogP) is 4.53. The number of ether oxygens (including phenoxy) is 1. The van der Waals surface area contributed by atoms with E-state index in [1.165, 1.54) is 64.3 Å². The molecule has 0 aromatic carbocycles. The molecule has 20 heavy (non-hydrogen) atoms. The van der Waals surface area contributed by atoms with Crippen molar-refractivity contribution >= 4 is 0 Å². The highest BCUT2D eigenvalue weighted by atomic mass is 16.5. The van der Waals surface area contributed by atoms with Crippen molar-refractivity contribution in [2.75, 3.05) is 13.2 Å². The largest absolute Gasteiger partial charge is 0.378 e. The first-order valence-corrected chi connectivity index (χ1v) is 8.91. The second-order valence-corrected chi connectivity index (χ2v) is 8.00. The molecule has 0 amide bonds. The van der Waals surface area contributed by atoms with E-state index in [2.05, 4.69) is 26.1 Å². The van der Waals surface area contributed by atoms with E-state index in [0.29, 0.717) is 6.10 Å². The lowest BCUT2D eigenvalue weighted by Gasteiger charge is -2.30. The number of nitrogens with one attached hydrogen (secondary N) is 1. The minimum atomic E-state index is 0.255. The summed E-state index contributed by atoms with van der Waals surface area (Å²) in [5, 5.41) is 3.75. The fraction of sp³-hybridized carbons (Fsp3) is 1.00. The van der Waals surface area contributed by atoms with Gasteiger partial charge in [-0.25, -0.2) is 0 Å². The van der Waals surface area contributed by atoms with E-state index >= 15 is 0 Å². The Hall–Kier alpha value is -0.0800. The quantitative estimate of drug-likeness (QED) is 0.748. The number of hydrogen-bond donors (Lipinski definition) is 1. The molecule has 2 nitrogen and oxygen atoms in total. The maximum Gasteiger partial charge on any atom is 0.0576 e. The van der Waals surface area contributed by atoms with Crippen LogP contribution in [0.1, 0.15) is 78.6 Å². The molecule has 0 bridgehead atoms. The topological polar surface area (TPSA) is 21.3 Å². The van der Waals surface area contributed by atoms with Gasteiger partial charge in [0, 0.05) is 12.1 Å². The summed E-state index contributed by atoms with van der Waals surface area (Å²) in [6.45, 7) is 9.06. The summed E-state index contributed by atoms with van der Waals surface area (Å²) in [4.78, 5) is 0. The highest BCUT2D eigenvalue weighted by Crippen LogP contribution is 2.33. The first-order chi connectivity index (χ1) is 9.54. The molecule has 1 aliphatic heterocycles. The molecule has 0 aromatic heterocycles. The zero-order valence-corrected chi connectivity index (χ0v) is 13.9. The second kappa shape index (κ2) is 7.79. The van der Waals surface area contributed by atoms with Gasteiger partial charge in [0.05, 0.1) is 6.10 Å². The van der Waals surface area contributed by atoms with Crippen molar-refractivity contribution in [3.05, 3.63) is 0 Å². The molecule has 1 aliphatic carbocycles. The van der Waals surface area contributed by atoms with Crippen molar-refractivity contribution in [2.45, 2.75) is 90.2 Å². The zero-order valence-electron chi connectivity index (χ0n) is 13.9. The molecule has 2 heteroatoms. The summed E-state index contributed by atoms with van der Waals surface area (Å²) in [5.74, 6) is 1.81. The average Bonchev–Trinajstić information content (AvgIpc) is 2.79. The standard InChI is InChI=1S/C18H35NO/c1-18(2,3)19-14-16-9-6-4-5-8-15(16)11-12-17-10-7-13-20-17/h15-17,19H,4-14H2,1-3H3. The van der Waals surface area contributed by atoms with Crippen LogP contribution in [0.15, 0.2) is 0 Å². The first-order valence-electron chi connectivity index (χ1n) is 8.91. The molecular weight excluding hydrogens is 246 g/mol. The molecule has 2 rings (SSSR count). The van der Waals surface area contributed by atoms with Gasteiger partial charge in [-0.3, -0.25) is 0 Å². The molecule has 1 saturated heterocycles. The Kier molecular flexibility index (Phi) is 6.35. The zero-order chi connectivity index (χ0) is 14.4. The van der Waals surface area contributed by atoms with E-state index in [0.717, 1.165) is 18.4 Å². The number of hydrogen-bond acceptors (Lipinski definition) is 2. The van der Waals surface area contributed by atoms with E-state index in [4.69, 9.17) is 4.74 Å². The Morgan fingerprint density at radius 2 is 1.65 bits per heavy atom. The van der Waals surface area contributed by atoms with Crippen LogP contribution in [0.25, 0.3) is 0 Å². The molecule has 118 valence electrons. The third kappa shape index (κ3) is 5.73. The molecular formula is C18H35NO. The SMILES string of the molecule is CC(C)(C)NCC1CCCCCC1CCC1CCCO1. The normalized spacial score (nSPS) is 32.2. The van der Waals surface area contributed by atoms with Gasteiger partial charge < -0.3 is 10.1 Å². The fourth-order valence-electron chi connectivity index (χ4n) is 3.82. The number of rotatable bonds is 5. The van der Waals surface area contributed by atoms with Gasteiger partial charge in [0.15, 0.2) is 0 Å². The van der Waals surface area contributed by atoms with Gasteiger partial charge >= 0.3 is 0 Å². The van der Waals surface area contributed by atoms with Crippen molar-refractivity contribution in [3.63, 3.8) is 0 Å². The summed E-state index contributed by atoms with van der Waals surface area (Å²) < 4.78 is 5.81. The second-order valence-electron chi connectivity index (χ2n) is 8.00. The third-order valence-corrected chi connectivity index (χ3v) is 5.09. The molecule has 2 fully saturated rings. The van der Waals surface area contributed by atoms with Crippen molar-refractivity contribution in [1.29, 1.82) is 0 Å². The van der Waals surface area contributed by atoms with Crippen LogP contribution in [0.4, 0.5) is 0 Å². The van der Waals surface area contributed by atoms with Crippen molar-refractivity contribution < 1.29 is 4.74 Å². The van der Waals surface area contributed by atoms with Gasteiger partial charge in [-0.15, -0.1) is 0 Å². The predicted molar refractivity (Wildman–Crippen MR) is 86.0 cm³/mol. The molecule has 1 heterocycles. The van der Waals surface area contributed by atoms with Crippen LogP contribution < -0.4 is 5.32 Å². The van der Waals surface area contributed by atoms with E-state index in [1.807, 2.05) is 0 Å². The molecule has 3 atom stereocenters. The van der Waals surface area contributed by atoms with Gasteiger partial charge in [0.25, 0.3) is 0 Å². The monoisotopic (exact) mass is 281 g/mol.